The van der Waals surface area contributed by atoms with Gasteiger partial charge in [0.05, 0.1) is 7.11 Å². The molecule has 2 aromatic rings. The van der Waals surface area contributed by atoms with Gasteiger partial charge in [-0.1, -0.05) is 19.1 Å². The molecule has 0 spiro atoms. The molecule has 1 aromatic carbocycles. The number of nitrogens with two attached hydrogens (primary N) is 1. The Kier molecular flexibility index (Phi) is 4.81. The van der Waals surface area contributed by atoms with E-state index in [-0.39, 0.29) is 12.5 Å². The van der Waals surface area contributed by atoms with Gasteiger partial charge in [0.2, 0.25) is 5.91 Å². The average molecular weight is 288 g/mol. The molecular weight excluding hydrogens is 268 g/mol. The number of nitrogen functional groups attached to an aromatic ring is 1. The van der Waals surface area contributed by atoms with E-state index in [1.54, 1.807) is 17.9 Å². The third-order valence-electron chi connectivity index (χ3n) is 3.16. The van der Waals surface area contributed by atoms with E-state index in [9.17, 15) is 4.79 Å². The van der Waals surface area contributed by atoms with E-state index in [4.69, 9.17) is 10.5 Å². The summed E-state index contributed by atoms with van der Waals surface area (Å²) in [6.45, 7) is 2.69. The van der Waals surface area contributed by atoms with Crippen LogP contribution in [-0.2, 0) is 24.3 Å². The van der Waals surface area contributed by atoms with Gasteiger partial charge in [-0.3, -0.25) is 4.79 Å². The Morgan fingerprint density at radius 2 is 2.10 bits per heavy atom. The first-order chi connectivity index (χ1) is 10.1. The summed E-state index contributed by atoms with van der Waals surface area (Å²) in [4.78, 5) is 16.1. The molecule has 0 atom stereocenters. The maximum Gasteiger partial charge on any atom is 0.240 e. The molecule has 0 unspecified atom stereocenters. The van der Waals surface area contributed by atoms with E-state index in [2.05, 4.69) is 10.3 Å². The van der Waals surface area contributed by atoms with Gasteiger partial charge in [-0.2, -0.15) is 0 Å². The first-order valence-electron chi connectivity index (χ1n) is 6.83. The molecule has 1 amide bonds. The Morgan fingerprint density at radius 1 is 1.38 bits per heavy atom. The zero-order valence-electron chi connectivity index (χ0n) is 12.3. The van der Waals surface area contributed by atoms with Crippen molar-refractivity contribution in [1.82, 2.24) is 14.9 Å². The monoisotopic (exact) mass is 288 g/mol. The lowest BCUT2D eigenvalue weighted by atomic mass is 10.2. The van der Waals surface area contributed by atoms with E-state index in [1.807, 2.05) is 31.2 Å². The highest BCUT2D eigenvalue weighted by Crippen LogP contribution is 2.11. The summed E-state index contributed by atoms with van der Waals surface area (Å²) < 4.78 is 6.87. The Morgan fingerprint density at radius 3 is 2.71 bits per heavy atom. The molecule has 2 rings (SSSR count). The summed E-state index contributed by atoms with van der Waals surface area (Å²) >= 11 is 0. The van der Waals surface area contributed by atoms with Crippen LogP contribution in [0.2, 0.25) is 0 Å². The number of imidazole rings is 1. The number of hydrogen-bond donors (Lipinski definition) is 2. The summed E-state index contributed by atoms with van der Waals surface area (Å²) in [7, 11) is 1.62. The van der Waals surface area contributed by atoms with Crippen molar-refractivity contribution in [2.24, 2.45) is 0 Å². The minimum absolute atomic E-state index is 0.0714. The fraction of sp³-hybridized carbons (Fsp3) is 0.333. The maximum absolute atomic E-state index is 12.0. The SMILES string of the molecule is CCc1nc(N)cn1CC(=O)NCc1ccc(OC)cc1. The number of aromatic nitrogens is 2. The Labute approximate surface area is 123 Å². The Bertz CT molecular complexity index is 605. The van der Waals surface area contributed by atoms with Gasteiger partial charge in [0.25, 0.3) is 0 Å². The van der Waals surface area contributed by atoms with Gasteiger partial charge < -0.3 is 20.4 Å². The van der Waals surface area contributed by atoms with Crippen molar-refractivity contribution in [3.05, 3.63) is 41.9 Å². The lowest BCUT2D eigenvalue weighted by Gasteiger charge is -2.08. The molecule has 6 nitrogen and oxygen atoms in total. The second-order valence-electron chi connectivity index (χ2n) is 4.69. The topological polar surface area (TPSA) is 82.2 Å². The van der Waals surface area contributed by atoms with Gasteiger partial charge in [0.15, 0.2) is 0 Å². The quantitative estimate of drug-likeness (QED) is 0.840. The number of carbonyl (C=O) groups excluding carboxylic acids is 1. The average Bonchev–Trinajstić information content (AvgIpc) is 2.85. The first-order valence-corrected chi connectivity index (χ1v) is 6.83. The number of amides is 1. The Hall–Kier alpha value is -2.50. The lowest BCUT2D eigenvalue weighted by molar-refractivity contribution is -0.121. The normalized spacial score (nSPS) is 10.4. The highest BCUT2D eigenvalue weighted by molar-refractivity contribution is 5.75. The van der Waals surface area contributed by atoms with E-state index in [0.717, 1.165) is 23.6 Å². The maximum atomic E-state index is 12.0. The van der Waals surface area contributed by atoms with Gasteiger partial charge in [0.1, 0.15) is 23.9 Å². The van der Waals surface area contributed by atoms with Crippen LogP contribution in [0, 0.1) is 0 Å². The molecule has 0 radical (unpaired) electrons. The second kappa shape index (κ2) is 6.78. The van der Waals surface area contributed by atoms with Crippen LogP contribution in [0.5, 0.6) is 5.75 Å². The van der Waals surface area contributed by atoms with Crippen molar-refractivity contribution >= 4 is 11.7 Å². The molecule has 0 saturated heterocycles. The number of carbonyl (C=O) groups is 1. The van der Waals surface area contributed by atoms with Crippen molar-refractivity contribution in [2.75, 3.05) is 12.8 Å². The summed E-state index contributed by atoms with van der Waals surface area (Å²) in [5, 5.41) is 2.88. The molecule has 0 fully saturated rings. The number of ether oxygens (including phenoxy) is 1. The smallest absolute Gasteiger partial charge is 0.240 e. The molecule has 6 heteroatoms. The van der Waals surface area contributed by atoms with E-state index < -0.39 is 0 Å². The lowest BCUT2D eigenvalue weighted by Crippen LogP contribution is -2.27. The van der Waals surface area contributed by atoms with Crippen LogP contribution >= 0.6 is 0 Å². The van der Waals surface area contributed by atoms with Crippen molar-refractivity contribution < 1.29 is 9.53 Å². The number of anilines is 1. The number of methoxy groups -OCH3 is 1. The van der Waals surface area contributed by atoms with Crippen LogP contribution in [-0.4, -0.2) is 22.6 Å². The van der Waals surface area contributed by atoms with E-state index in [0.29, 0.717) is 12.4 Å². The molecule has 0 aliphatic carbocycles. The molecule has 112 valence electrons. The van der Waals surface area contributed by atoms with Gasteiger partial charge >= 0.3 is 0 Å². The predicted octanol–water partition coefficient (Wildman–Crippen LogP) is 1.35. The molecule has 0 aliphatic rings. The minimum atomic E-state index is -0.0714. The fourth-order valence-electron chi connectivity index (χ4n) is 2.05. The van der Waals surface area contributed by atoms with Crippen LogP contribution in [0.1, 0.15) is 18.3 Å². The Balaban J connectivity index is 1.89. The number of rotatable bonds is 6. The molecule has 21 heavy (non-hydrogen) atoms. The largest absolute Gasteiger partial charge is 0.497 e. The van der Waals surface area contributed by atoms with Gasteiger partial charge in [-0.25, -0.2) is 4.98 Å². The second-order valence-corrected chi connectivity index (χ2v) is 4.69. The molecule has 3 N–H and O–H groups in total. The first kappa shape index (κ1) is 14.9. The third-order valence-corrected chi connectivity index (χ3v) is 3.16. The third kappa shape index (κ3) is 3.98. The van der Waals surface area contributed by atoms with Crippen LogP contribution in [0.3, 0.4) is 0 Å². The summed E-state index contributed by atoms with van der Waals surface area (Å²) in [6, 6.07) is 7.58. The number of hydrogen-bond acceptors (Lipinski definition) is 4. The molecular formula is C15H20N4O2. The highest BCUT2D eigenvalue weighted by atomic mass is 16.5. The zero-order valence-corrected chi connectivity index (χ0v) is 12.3. The van der Waals surface area contributed by atoms with Gasteiger partial charge in [-0.05, 0) is 17.7 Å². The van der Waals surface area contributed by atoms with Crippen molar-refractivity contribution in [2.45, 2.75) is 26.4 Å². The highest BCUT2D eigenvalue weighted by Gasteiger charge is 2.08. The van der Waals surface area contributed by atoms with Crippen LogP contribution < -0.4 is 15.8 Å². The molecule has 0 aliphatic heterocycles. The molecule has 0 saturated carbocycles. The number of nitrogens with zero attached hydrogens (tertiary/aromatic N) is 2. The van der Waals surface area contributed by atoms with Crippen LogP contribution in [0.4, 0.5) is 5.82 Å². The van der Waals surface area contributed by atoms with Crippen molar-refractivity contribution in [3.8, 4) is 5.75 Å². The number of benzene rings is 1. The van der Waals surface area contributed by atoms with E-state index in [1.165, 1.54) is 0 Å². The molecule has 1 heterocycles. The van der Waals surface area contributed by atoms with E-state index >= 15 is 0 Å². The fourth-order valence-corrected chi connectivity index (χ4v) is 2.05. The standard InChI is InChI=1S/C15H20N4O2/c1-3-14-18-13(16)9-19(14)10-15(20)17-8-11-4-6-12(21-2)7-5-11/h4-7,9H,3,8,10,16H2,1-2H3,(H,17,20). The van der Waals surface area contributed by atoms with Crippen LogP contribution in [0.15, 0.2) is 30.5 Å². The van der Waals surface area contributed by atoms with Gasteiger partial charge in [-0.15, -0.1) is 0 Å². The number of nitrogens with one attached hydrogen (secondary N) is 1. The van der Waals surface area contributed by atoms with Gasteiger partial charge in [0, 0.05) is 19.2 Å². The zero-order chi connectivity index (χ0) is 15.2. The predicted molar refractivity (Wildman–Crippen MR) is 80.9 cm³/mol. The summed E-state index contributed by atoms with van der Waals surface area (Å²) in [6.07, 6.45) is 2.43. The summed E-state index contributed by atoms with van der Waals surface area (Å²) in [5.41, 5.74) is 6.67. The van der Waals surface area contributed by atoms with Crippen molar-refractivity contribution in [3.63, 3.8) is 0 Å². The summed E-state index contributed by atoms with van der Waals surface area (Å²) in [5.74, 6) is 1.98. The minimum Gasteiger partial charge on any atom is -0.497 e. The van der Waals surface area contributed by atoms with Crippen LogP contribution in [0.25, 0.3) is 0 Å². The molecule has 0 bridgehead atoms. The number of aryl methyl sites for hydroxylation is 1. The molecule has 1 aromatic heterocycles. The van der Waals surface area contributed by atoms with Crippen molar-refractivity contribution in [1.29, 1.82) is 0 Å².